The van der Waals surface area contributed by atoms with Crippen LogP contribution in [0.1, 0.15) is 6.92 Å². The molecule has 0 aliphatic carbocycles. The maximum absolute atomic E-state index is 5.17. The molecule has 0 atom stereocenters. The molecule has 0 spiro atoms. The van der Waals surface area contributed by atoms with Crippen molar-refractivity contribution in [3.05, 3.63) is 12.0 Å². The highest BCUT2D eigenvalue weighted by Gasteiger charge is 2.44. The molecule has 0 unspecified atom stereocenters. The summed E-state index contributed by atoms with van der Waals surface area (Å²) in [4.78, 5) is 0. The molecule has 0 saturated heterocycles. The van der Waals surface area contributed by atoms with Crippen LogP contribution in [0.3, 0.4) is 0 Å². The predicted octanol–water partition coefficient (Wildman–Crippen LogP) is 0.954. The molecule has 0 amide bonds. The number of ether oxygens (including phenoxy) is 1. The van der Waals surface area contributed by atoms with Crippen molar-refractivity contribution in [1.82, 2.24) is 0 Å². The summed E-state index contributed by atoms with van der Waals surface area (Å²) in [7, 11) is 1.79. The van der Waals surface area contributed by atoms with E-state index in [1.54, 1.807) is 0 Å². The highest BCUT2D eigenvalue weighted by atomic mass is 28.4. The van der Waals surface area contributed by atoms with E-state index >= 15 is 0 Å². The van der Waals surface area contributed by atoms with Crippen LogP contribution in [0.25, 0.3) is 0 Å². The van der Waals surface area contributed by atoms with Gasteiger partial charge in [0.15, 0.2) is 5.38 Å². The molecule has 12 heavy (non-hydrogen) atoms. The quantitative estimate of drug-likeness (QED) is 0.464. The van der Waals surface area contributed by atoms with Crippen LogP contribution in [0, 0.1) is 0 Å². The average molecular weight is 192 g/mol. The summed E-state index contributed by atoms with van der Waals surface area (Å²) >= 11 is 0. The van der Waals surface area contributed by atoms with E-state index in [-0.39, 0.29) is 0 Å². The zero-order chi connectivity index (χ0) is 9.61. The molecule has 0 saturated carbocycles. The van der Waals surface area contributed by atoms with Gasteiger partial charge in [-0.15, -0.1) is 0 Å². The van der Waals surface area contributed by atoms with Gasteiger partial charge in [0, 0.05) is 21.3 Å². The molecule has 0 rings (SSSR count). The lowest BCUT2D eigenvalue weighted by atomic mass is 10.9. The van der Waals surface area contributed by atoms with Crippen molar-refractivity contribution in [2.24, 2.45) is 0 Å². The Kier molecular flexibility index (Phi) is 5.15. The van der Waals surface area contributed by atoms with Gasteiger partial charge in [0.1, 0.15) is 0 Å². The Balaban J connectivity index is 4.36. The average Bonchev–Trinajstić information content (AvgIpc) is 2.09. The fraction of sp³-hybridized carbons (Fsp3) is 0.714. The van der Waals surface area contributed by atoms with Crippen molar-refractivity contribution < 1.29 is 18.0 Å². The van der Waals surface area contributed by atoms with Crippen LogP contribution >= 0.6 is 0 Å². The number of rotatable bonds is 6. The zero-order valence-corrected chi connectivity index (χ0v) is 9.05. The van der Waals surface area contributed by atoms with E-state index in [0.29, 0.717) is 12.0 Å². The van der Waals surface area contributed by atoms with Gasteiger partial charge in [-0.25, -0.2) is 0 Å². The predicted molar refractivity (Wildman–Crippen MR) is 47.5 cm³/mol. The normalized spacial score (nSPS) is 11.3. The van der Waals surface area contributed by atoms with E-state index in [2.05, 4.69) is 6.58 Å². The third-order valence-corrected chi connectivity index (χ3v) is 3.91. The molecule has 0 radical (unpaired) electrons. The van der Waals surface area contributed by atoms with Gasteiger partial charge in [-0.2, -0.15) is 0 Å². The second-order valence-corrected chi connectivity index (χ2v) is 4.92. The third-order valence-electron chi connectivity index (χ3n) is 1.47. The molecule has 0 aliphatic heterocycles. The first-order valence-corrected chi connectivity index (χ1v) is 5.37. The lowest BCUT2D eigenvalue weighted by molar-refractivity contribution is 0.102. The summed E-state index contributed by atoms with van der Waals surface area (Å²) in [6.45, 7) is 6.09. The molecule has 0 aliphatic rings. The molecule has 0 N–H and O–H groups in total. The van der Waals surface area contributed by atoms with Gasteiger partial charge >= 0.3 is 8.80 Å². The largest absolute Gasteiger partial charge is 0.572 e. The van der Waals surface area contributed by atoms with Gasteiger partial charge < -0.3 is 18.0 Å². The van der Waals surface area contributed by atoms with Gasteiger partial charge in [0.25, 0.3) is 0 Å². The minimum Gasteiger partial charge on any atom is -0.495 e. The van der Waals surface area contributed by atoms with Gasteiger partial charge in [0.05, 0.1) is 6.61 Å². The van der Waals surface area contributed by atoms with Crippen LogP contribution in [0.15, 0.2) is 12.0 Å². The van der Waals surface area contributed by atoms with E-state index in [1.165, 1.54) is 21.3 Å². The fourth-order valence-electron chi connectivity index (χ4n) is 0.854. The second-order valence-electron chi connectivity index (χ2n) is 2.02. The van der Waals surface area contributed by atoms with Crippen molar-refractivity contribution in [3.8, 4) is 0 Å². The molecule has 0 bridgehead atoms. The van der Waals surface area contributed by atoms with E-state index in [0.717, 1.165) is 0 Å². The summed E-state index contributed by atoms with van der Waals surface area (Å²) < 4.78 is 20.5. The lowest BCUT2D eigenvalue weighted by Gasteiger charge is -2.25. The molecule has 0 heterocycles. The van der Waals surface area contributed by atoms with Gasteiger partial charge in [-0.1, -0.05) is 6.58 Å². The molecule has 0 aromatic rings. The Morgan fingerprint density at radius 2 is 1.58 bits per heavy atom. The number of hydrogen-bond donors (Lipinski definition) is 0. The van der Waals surface area contributed by atoms with Crippen molar-refractivity contribution in [3.63, 3.8) is 0 Å². The van der Waals surface area contributed by atoms with Crippen LogP contribution < -0.4 is 0 Å². The first kappa shape index (κ1) is 11.6. The monoisotopic (exact) mass is 192 g/mol. The standard InChI is InChI=1S/C7H16O4Si/c1-6-11-7(2)12(8-3,9-4)10-5/h2,6H2,1,3-5H3. The van der Waals surface area contributed by atoms with E-state index < -0.39 is 8.80 Å². The second kappa shape index (κ2) is 5.31. The first-order chi connectivity index (χ1) is 5.66. The molecular weight excluding hydrogens is 176 g/mol. The molecule has 5 heteroatoms. The Morgan fingerprint density at radius 3 is 1.83 bits per heavy atom. The van der Waals surface area contributed by atoms with E-state index in [4.69, 9.17) is 18.0 Å². The minimum absolute atomic E-state index is 0.442. The Morgan fingerprint density at radius 1 is 1.17 bits per heavy atom. The van der Waals surface area contributed by atoms with Crippen LogP contribution in [-0.4, -0.2) is 36.7 Å². The van der Waals surface area contributed by atoms with Crippen LogP contribution in [-0.2, 0) is 18.0 Å². The lowest BCUT2D eigenvalue weighted by Crippen LogP contribution is -2.45. The summed E-state index contributed by atoms with van der Waals surface area (Å²) in [5.41, 5.74) is 0. The topological polar surface area (TPSA) is 36.9 Å². The zero-order valence-electron chi connectivity index (χ0n) is 8.05. The van der Waals surface area contributed by atoms with Crippen molar-refractivity contribution in [2.45, 2.75) is 6.92 Å². The van der Waals surface area contributed by atoms with Crippen molar-refractivity contribution >= 4 is 8.80 Å². The fourth-order valence-corrected chi connectivity index (χ4v) is 2.36. The van der Waals surface area contributed by atoms with Gasteiger partial charge in [0.2, 0.25) is 0 Å². The summed E-state index contributed by atoms with van der Waals surface area (Å²) in [5, 5.41) is 0.442. The third kappa shape index (κ3) is 2.31. The van der Waals surface area contributed by atoms with Crippen LogP contribution in [0.2, 0.25) is 0 Å². The molecule has 4 nitrogen and oxygen atoms in total. The highest BCUT2D eigenvalue weighted by molar-refractivity contribution is 6.67. The molecule has 0 fully saturated rings. The SMILES string of the molecule is C=C(OCC)[Si](OC)(OC)OC. The van der Waals surface area contributed by atoms with Gasteiger partial charge in [-0.3, -0.25) is 0 Å². The maximum Gasteiger partial charge on any atom is 0.572 e. The summed E-state index contributed by atoms with van der Waals surface area (Å²) in [6.07, 6.45) is 0. The van der Waals surface area contributed by atoms with Crippen molar-refractivity contribution in [1.29, 1.82) is 0 Å². The first-order valence-electron chi connectivity index (χ1n) is 3.64. The highest BCUT2D eigenvalue weighted by Crippen LogP contribution is 2.16. The minimum atomic E-state index is -2.76. The van der Waals surface area contributed by atoms with E-state index in [1.807, 2.05) is 6.92 Å². The molecular formula is C7H16O4Si. The van der Waals surface area contributed by atoms with Crippen molar-refractivity contribution in [2.75, 3.05) is 27.9 Å². The molecule has 72 valence electrons. The van der Waals surface area contributed by atoms with E-state index in [9.17, 15) is 0 Å². The Labute approximate surface area is 74.4 Å². The smallest absolute Gasteiger partial charge is 0.495 e. The van der Waals surface area contributed by atoms with Crippen LogP contribution in [0.5, 0.6) is 0 Å². The summed E-state index contributed by atoms with van der Waals surface area (Å²) in [6, 6.07) is 0. The molecule has 0 aromatic heterocycles. The summed E-state index contributed by atoms with van der Waals surface area (Å²) in [5.74, 6) is 0. The maximum atomic E-state index is 5.17. The van der Waals surface area contributed by atoms with Gasteiger partial charge in [-0.05, 0) is 6.92 Å². The number of hydrogen-bond acceptors (Lipinski definition) is 4. The van der Waals surface area contributed by atoms with Crippen LogP contribution in [0.4, 0.5) is 0 Å². The Hall–Kier alpha value is -0.363. The Bertz CT molecular complexity index is 136. The molecule has 0 aromatic carbocycles.